The van der Waals surface area contributed by atoms with Crippen molar-refractivity contribution in [1.82, 2.24) is 10.1 Å². The minimum Gasteiger partial charge on any atom is -0.397 e. The predicted molar refractivity (Wildman–Crippen MR) is 87.8 cm³/mol. The number of aryl methyl sites for hydroxylation is 1. The van der Waals surface area contributed by atoms with Gasteiger partial charge in [0.25, 0.3) is 5.89 Å². The highest BCUT2D eigenvalue weighted by molar-refractivity contribution is 7.98. The van der Waals surface area contributed by atoms with Gasteiger partial charge in [0.05, 0.1) is 11.4 Å². The molecule has 0 saturated heterocycles. The molecule has 4 nitrogen and oxygen atoms in total. The van der Waals surface area contributed by atoms with Crippen LogP contribution >= 0.6 is 34.7 Å². The van der Waals surface area contributed by atoms with Crippen molar-refractivity contribution in [2.45, 2.75) is 17.6 Å². The van der Waals surface area contributed by atoms with Gasteiger partial charge in [0.1, 0.15) is 4.88 Å². The van der Waals surface area contributed by atoms with Gasteiger partial charge < -0.3 is 10.3 Å². The smallest absolute Gasteiger partial charge is 0.270 e. The van der Waals surface area contributed by atoms with Crippen molar-refractivity contribution in [3.63, 3.8) is 0 Å². The Labute approximate surface area is 135 Å². The number of nitrogen functional groups attached to an aromatic ring is 1. The molecule has 0 fully saturated rings. The lowest BCUT2D eigenvalue weighted by Gasteiger charge is -1.98. The fourth-order valence-electron chi connectivity index (χ4n) is 1.73. The molecule has 0 aliphatic rings. The standard InChI is InChI=1S/C14H12ClN3OS2/c1-8-6-21-13(12(8)16)14-17-11(18-19-14)7-20-10-4-2-3-9(15)5-10/h2-6H,7,16H2,1H3. The molecule has 0 aliphatic heterocycles. The number of benzene rings is 1. The Balaban J connectivity index is 1.72. The van der Waals surface area contributed by atoms with Crippen molar-refractivity contribution in [3.8, 4) is 10.8 Å². The lowest BCUT2D eigenvalue weighted by atomic mass is 10.3. The number of hydrogen-bond donors (Lipinski definition) is 1. The molecule has 0 aliphatic carbocycles. The first-order chi connectivity index (χ1) is 10.1. The van der Waals surface area contributed by atoms with Crippen LogP contribution < -0.4 is 5.73 Å². The Kier molecular flexibility index (Phi) is 4.19. The van der Waals surface area contributed by atoms with E-state index < -0.39 is 0 Å². The van der Waals surface area contributed by atoms with Gasteiger partial charge >= 0.3 is 0 Å². The van der Waals surface area contributed by atoms with Gasteiger partial charge in [-0.05, 0) is 36.1 Å². The number of nitrogens with two attached hydrogens (primary N) is 1. The first kappa shape index (κ1) is 14.4. The Morgan fingerprint density at radius 1 is 1.43 bits per heavy atom. The molecular formula is C14H12ClN3OS2. The second-order valence-corrected chi connectivity index (χ2v) is 6.79. The van der Waals surface area contributed by atoms with Gasteiger partial charge in [-0.2, -0.15) is 4.98 Å². The number of hydrogen-bond acceptors (Lipinski definition) is 6. The van der Waals surface area contributed by atoms with Crippen molar-refractivity contribution in [3.05, 3.63) is 46.1 Å². The molecule has 0 spiro atoms. The third-order valence-corrected chi connectivity index (χ3v) is 5.18. The lowest BCUT2D eigenvalue weighted by molar-refractivity contribution is 0.426. The fourth-order valence-corrected chi connectivity index (χ4v) is 3.67. The van der Waals surface area contributed by atoms with Gasteiger partial charge in [-0.25, -0.2) is 0 Å². The predicted octanol–water partition coefficient (Wildman–Crippen LogP) is 4.63. The van der Waals surface area contributed by atoms with Gasteiger partial charge in [0.15, 0.2) is 5.82 Å². The molecule has 3 rings (SSSR count). The molecule has 0 bridgehead atoms. The first-order valence-electron chi connectivity index (χ1n) is 6.18. The molecule has 2 N–H and O–H groups in total. The van der Waals surface area contributed by atoms with Crippen LogP contribution in [0.2, 0.25) is 5.02 Å². The van der Waals surface area contributed by atoms with E-state index in [0.29, 0.717) is 23.2 Å². The normalized spacial score (nSPS) is 11.0. The molecule has 3 aromatic rings. The number of nitrogens with zero attached hydrogens (tertiary/aromatic N) is 2. The SMILES string of the molecule is Cc1csc(-c2nc(CSc3cccc(Cl)c3)no2)c1N. The van der Waals surface area contributed by atoms with Gasteiger partial charge in [-0.1, -0.05) is 22.8 Å². The topological polar surface area (TPSA) is 64.9 Å². The van der Waals surface area contributed by atoms with Crippen molar-refractivity contribution in [1.29, 1.82) is 0 Å². The van der Waals surface area contributed by atoms with E-state index in [1.807, 2.05) is 36.6 Å². The highest BCUT2D eigenvalue weighted by atomic mass is 35.5. The lowest BCUT2D eigenvalue weighted by Crippen LogP contribution is -1.88. The number of thioether (sulfide) groups is 1. The van der Waals surface area contributed by atoms with Crippen LogP contribution in [0.15, 0.2) is 39.1 Å². The van der Waals surface area contributed by atoms with Crippen LogP contribution in [0.4, 0.5) is 5.69 Å². The van der Waals surface area contributed by atoms with Crippen molar-refractivity contribution >= 4 is 40.4 Å². The van der Waals surface area contributed by atoms with E-state index >= 15 is 0 Å². The Morgan fingerprint density at radius 2 is 2.29 bits per heavy atom. The summed E-state index contributed by atoms with van der Waals surface area (Å²) in [5.74, 6) is 1.74. The molecule has 2 aromatic heterocycles. The molecule has 0 saturated carbocycles. The summed E-state index contributed by atoms with van der Waals surface area (Å²) in [5, 5.41) is 6.69. The highest BCUT2D eigenvalue weighted by Crippen LogP contribution is 2.34. The molecule has 2 heterocycles. The zero-order valence-corrected chi connectivity index (χ0v) is 13.6. The van der Waals surface area contributed by atoms with Crippen molar-refractivity contribution < 1.29 is 4.52 Å². The average Bonchev–Trinajstić information content (AvgIpc) is 3.05. The molecule has 21 heavy (non-hydrogen) atoms. The summed E-state index contributed by atoms with van der Waals surface area (Å²) in [6.07, 6.45) is 0. The number of anilines is 1. The molecule has 0 unspecified atom stereocenters. The molecule has 0 amide bonds. The van der Waals surface area contributed by atoms with Gasteiger partial charge in [0, 0.05) is 9.92 Å². The maximum absolute atomic E-state index is 5.99. The summed E-state index contributed by atoms with van der Waals surface area (Å²) in [5.41, 5.74) is 7.73. The maximum Gasteiger partial charge on any atom is 0.270 e. The quantitative estimate of drug-likeness (QED) is 0.703. The summed E-state index contributed by atoms with van der Waals surface area (Å²) in [6.45, 7) is 1.96. The van der Waals surface area contributed by atoms with Crippen LogP contribution in [-0.2, 0) is 5.75 Å². The molecule has 7 heteroatoms. The highest BCUT2D eigenvalue weighted by Gasteiger charge is 2.15. The van der Waals surface area contributed by atoms with E-state index in [4.69, 9.17) is 21.9 Å². The maximum atomic E-state index is 5.99. The van der Waals surface area contributed by atoms with Crippen LogP contribution in [0.5, 0.6) is 0 Å². The van der Waals surface area contributed by atoms with E-state index in [0.717, 1.165) is 20.4 Å². The second-order valence-electron chi connectivity index (χ2n) is 4.42. The van der Waals surface area contributed by atoms with Crippen LogP contribution in [0.25, 0.3) is 10.8 Å². The molecule has 1 aromatic carbocycles. The summed E-state index contributed by atoms with van der Waals surface area (Å²) in [6, 6.07) is 7.67. The average molecular weight is 338 g/mol. The van der Waals surface area contributed by atoms with Gasteiger partial charge in [-0.15, -0.1) is 23.1 Å². The van der Waals surface area contributed by atoms with Crippen LogP contribution in [0, 0.1) is 6.92 Å². The third-order valence-electron chi connectivity index (χ3n) is 2.85. The van der Waals surface area contributed by atoms with E-state index in [-0.39, 0.29) is 0 Å². The third kappa shape index (κ3) is 3.23. The number of aromatic nitrogens is 2. The van der Waals surface area contributed by atoms with Crippen LogP contribution in [-0.4, -0.2) is 10.1 Å². The largest absolute Gasteiger partial charge is 0.397 e. The van der Waals surface area contributed by atoms with Gasteiger partial charge in [-0.3, -0.25) is 0 Å². The van der Waals surface area contributed by atoms with E-state index in [1.54, 1.807) is 11.8 Å². The summed E-state index contributed by atoms with van der Waals surface area (Å²) < 4.78 is 5.29. The van der Waals surface area contributed by atoms with E-state index in [9.17, 15) is 0 Å². The molecular weight excluding hydrogens is 326 g/mol. The van der Waals surface area contributed by atoms with E-state index in [2.05, 4.69) is 10.1 Å². The number of thiophene rings is 1. The van der Waals surface area contributed by atoms with Crippen molar-refractivity contribution in [2.75, 3.05) is 5.73 Å². The first-order valence-corrected chi connectivity index (χ1v) is 8.42. The van der Waals surface area contributed by atoms with Crippen molar-refractivity contribution in [2.24, 2.45) is 0 Å². The zero-order valence-electron chi connectivity index (χ0n) is 11.2. The second kappa shape index (κ2) is 6.09. The molecule has 0 radical (unpaired) electrons. The minimum atomic E-state index is 0.479. The number of halogens is 1. The van der Waals surface area contributed by atoms with Crippen LogP contribution in [0.3, 0.4) is 0 Å². The minimum absolute atomic E-state index is 0.479. The monoisotopic (exact) mass is 337 g/mol. The summed E-state index contributed by atoms with van der Waals surface area (Å²) >= 11 is 9.08. The summed E-state index contributed by atoms with van der Waals surface area (Å²) in [4.78, 5) is 6.29. The van der Waals surface area contributed by atoms with E-state index in [1.165, 1.54) is 11.3 Å². The van der Waals surface area contributed by atoms with Gasteiger partial charge in [0.2, 0.25) is 0 Å². The molecule has 108 valence electrons. The van der Waals surface area contributed by atoms with Crippen LogP contribution in [0.1, 0.15) is 11.4 Å². The number of rotatable bonds is 4. The Hall–Kier alpha value is -1.50. The fraction of sp³-hybridized carbons (Fsp3) is 0.143. The zero-order chi connectivity index (χ0) is 14.8. The summed E-state index contributed by atoms with van der Waals surface area (Å²) in [7, 11) is 0. The Morgan fingerprint density at radius 3 is 3.00 bits per heavy atom. The Bertz CT molecular complexity index is 769. The molecule has 0 atom stereocenters.